The Balaban J connectivity index is 1.75. The van der Waals surface area contributed by atoms with Crippen molar-refractivity contribution in [2.45, 2.75) is 13.0 Å². The minimum absolute atomic E-state index is 0.0273. The van der Waals surface area contributed by atoms with E-state index in [1.165, 1.54) is 16.2 Å². The van der Waals surface area contributed by atoms with Crippen molar-refractivity contribution in [1.29, 1.82) is 0 Å². The van der Waals surface area contributed by atoms with Crippen LogP contribution in [0.5, 0.6) is 0 Å². The largest absolute Gasteiger partial charge is 0.333 e. The van der Waals surface area contributed by atoms with Gasteiger partial charge >= 0.3 is 0 Å². The van der Waals surface area contributed by atoms with E-state index in [9.17, 15) is 18.4 Å². The molecule has 0 radical (unpaired) electrons. The average molecular weight is 400 g/mol. The molecule has 4 aromatic rings. The number of aromatic nitrogens is 3. The van der Waals surface area contributed by atoms with Crippen molar-refractivity contribution in [1.82, 2.24) is 20.1 Å². The first kappa shape index (κ1) is 18.2. The van der Waals surface area contributed by atoms with E-state index in [0.29, 0.717) is 5.56 Å². The van der Waals surface area contributed by atoms with E-state index in [0.717, 1.165) is 22.3 Å². The lowest BCUT2D eigenvalue weighted by Crippen LogP contribution is -2.31. The number of thiazole rings is 1. The summed E-state index contributed by atoms with van der Waals surface area (Å²) in [5.74, 6) is -2.49. The summed E-state index contributed by atoms with van der Waals surface area (Å²) >= 11 is 1.48. The van der Waals surface area contributed by atoms with Crippen molar-refractivity contribution < 1.29 is 13.6 Å². The van der Waals surface area contributed by atoms with Crippen molar-refractivity contribution in [3.05, 3.63) is 69.1 Å². The highest BCUT2D eigenvalue weighted by Gasteiger charge is 2.24. The summed E-state index contributed by atoms with van der Waals surface area (Å²) in [5, 5.41) is 6.40. The lowest BCUT2D eigenvalue weighted by molar-refractivity contribution is 0.0740. The van der Waals surface area contributed by atoms with Crippen LogP contribution in [0.1, 0.15) is 29.0 Å². The zero-order valence-electron chi connectivity index (χ0n) is 14.9. The number of aromatic amines is 1. The highest BCUT2D eigenvalue weighted by molar-refractivity contribution is 7.16. The molecule has 2 heterocycles. The first-order chi connectivity index (χ1) is 13.4. The number of nitrogens with one attached hydrogen (secondary N) is 1. The van der Waals surface area contributed by atoms with Crippen molar-refractivity contribution in [2.75, 3.05) is 7.05 Å². The van der Waals surface area contributed by atoms with Gasteiger partial charge in [-0.05, 0) is 37.3 Å². The summed E-state index contributed by atoms with van der Waals surface area (Å²) in [4.78, 5) is 30.5. The summed E-state index contributed by atoms with van der Waals surface area (Å²) in [5.41, 5.74) is 2.50. The number of carbonyl (C=O) groups is 1. The summed E-state index contributed by atoms with van der Waals surface area (Å²) in [6.07, 6.45) is 0. The average Bonchev–Trinajstić information content (AvgIpc) is 3.16. The monoisotopic (exact) mass is 400 g/mol. The van der Waals surface area contributed by atoms with Crippen LogP contribution in [0.15, 0.2) is 40.6 Å². The zero-order valence-corrected chi connectivity index (χ0v) is 15.7. The summed E-state index contributed by atoms with van der Waals surface area (Å²) < 4.78 is 28.3. The minimum Gasteiger partial charge on any atom is -0.333 e. The third-order valence-corrected chi connectivity index (χ3v) is 5.54. The number of hydrogen-bond donors (Lipinski definition) is 1. The first-order valence-electron chi connectivity index (χ1n) is 8.34. The van der Waals surface area contributed by atoms with E-state index >= 15 is 0 Å². The molecule has 1 N–H and O–H groups in total. The molecule has 0 bridgehead atoms. The summed E-state index contributed by atoms with van der Waals surface area (Å²) in [6.45, 7) is 1.70. The molecule has 0 aliphatic carbocycles. The molecule has 0 saturated carbocycles. The number of nitrogens with zero attached hydrogens (tertiary/aromatic N) is 3. The Hall–Kier alpha value is -3.20. The van der Waals surface area contributed by atoms with Crippen LogP contribution in [-0.2, 0) is 0 Å². The molecule has 0 fully saturated rings. The second kappa shape index (κ2) is 6.75. The van der Waals surface area contributed by atoms with E-state index in [-0.39, 0.29) is 22.4 Å². The van der Waals surface area contributed by atoms with Gasteiger partial charge in [0, 0.05) is 18.0 Å². The zero-order chi connectivity index (χ0) is 20.0. The highest BCUT2D eigenvalue weighted by atomic mass is 32.1. The molecule has 6 nitrogen and oxygen atoms in total. The normalized spacial score (nSPS) is 12.4. The Kier molecular flexibility index (Phi) is 4.38. The molecule has 2 aromatic heterocycles. The summed E-state index contributed by atoms with van der Waals surface area (Å²) in [7, 11) is 1.58. The molecule has 1 amide bonds. The number of amides is 1. The number of H-pyrrole nitrogens is 1. The van der Waals surface area contributed by atoms with Crippen LogP contribution in [0.2, 0.25) is 0 Å². The maximum atomic E-state index is 13.8. The molecule has 9 heteroatoms. The minimum atomic E-state index is -1.12. The smallest absolute Gasteiger partial charge is 0.272 e. The number of carbonyl (C=O) groups excluding carboxylic acids is 1. The predicted molar refractivity (Wildman–Crippen MR) is 102 cm³/mol. The molecule has 4 rings (SSSR count). The van der Waals surface area contributed by atoms with Gasteiger partial charge in [-0.2, -0.15) is 5.10 Å². The predicted octanol–water partition coefficient (Wildman–Crippen LogP) is 3.64. The van der Waals surface area contributed by atoms with Crippen LogP contribution in [-0.4, -0.2) is 33.0 Å². The number of benzene rings is 2. The van der Waals surface area contributed by atoms with Gasteiger partial charge in [0.25, 0.3) is 11.5 Å². The highest BCUT2D eigenvalue weighted by Crippen LogP contribution is 2.27. The van der Waals surface area contributed by atoms with Gasteiger partial charge in [-0.3, -0.25) is 9.59 Å². The maximum Gasteiger partial charge on any atom is 0.272 e. The van der Waals surface area contributed by atoms with Crippen molar-refractivity contribution in [2.24, 2.45) is 0 Å². The van der Waals surface area contributed by atoms with Gasteiger partial charge in [0.15, 0.2) is 11.6 Å². The molecule has 0 aliphatic rings. The fourth-order valence-electron chi connectivity index (χ4n) is 3.05. The molecule has 28 heavy (non-hydrogen) atoms. The molecular formula is C19H14F2N4O2S. The Morgan fingerprint density at radius 3 is 2.64 bits per heavy atom. The summed E-state index contributed by atoms with van der Waals surface area (Å²) in [6, 6.07) is 6.38. The van der Waals surface area contributed by atoms with Gasteiger partial charge in [0.1, 0.15) is 0 Å². The van der Waals surface area contributed by atoms with Crippen LogP contribution in [0, 0.1) is 11.6 Å². The van der Waals surface area contributed by atoms with Crippen molar-refractivity contribution in [3.8, 4) is 0 Å². The quantitative estimate of drug-likeness (QED) is 0.569. The number of hydrogen-bond acceptors (Lipinski definition) is 5. The van der Waals surface area contributed by atoms with E-state index < -0.39 is 23.2 Å². The van der Waals surface area contributed by atoms with Crippen LogP contribution < -0.4 is 5.56 Å². The van der Waals surface area contributed by atoms with Gasteiger partial charge in [-0.1, -0.05) is 0 Å². The van der Waals surface area contributed by atoms with Crippen LogP contribution in [0.3, 0.4) is 0 Å². The molecule has 0 aliphatic heterocycles. The third kappa shape index (κ3) is 2.93. The van der Waals surface area contributed by atoms with Crippen molar-refractivity contribution >= 4 is 38.2 Å². The lowest BCUT2D eigenvalue weighted by atomic mass is 10.0. The number of rotatable bonds is 3. The van der Waals surface area contributed by atoms with Crippen LogP contribution in [0.25, 0.3) is 21.0 Å². The van der Waals surface area contributed by atoms with Crippen molar-refractivity contribution in [3.63, 3.8) is 0 Å². The second-order valence-electron chi connectivity index (χ2n) is 6.38. The maximum absolute atomic E-state index is 13.8. The van der Waals surface area contributed by atoms with E-state index in [1.807, 2.05) is 6.07 Å². The van der Waals surface area contributed by atoms with Gasteiger partial charge in [-0.25, -0.2) is 18.9 Å². The Bertz CT molecular complexity index is 1280. The second-order valence-corrected chi connectivity index (χ2v) is 7.26. The molecule has 1 atom stereocenters. The first-order valence-corrected chi connectivity index (χ1v) is 9.22. The van der Waals surface area contributed by atoms with Gasteiger partial charge in [0.05, 0.1) is 32.8 Å². The van der Waals surface area contributed by atoms with E-state index in [1.54, 1.807) is 31.6 Å². The molecular weight excluding hydrogens is 386 g/mol. The van der Waals surface area contributed by atoms with Crippen LogP contribution in [0.4, 0.5) is 8.78 Å². The molecule has 0 spiro atoms. The Labute approximate surface area is 161 Å². The Morgan fingerprint density at radius 2 is 1.89 bits per heavy atom. The SMILES string of the molecule is C[C@@H](c1n[nH]c(=O)c2cc(F)c(F)cc12)N(C)C(=O)c1ccc2scnc2c1. The fourth-order valence-corrected chi connectivity index (χ4v) is 3.71. The van der Waals surface area contributed by atoms with E-state index in [4.69, 9.17) is 0 Å². The van der Waals surface area contributed by atoms with Gasteiger partial charge in [-0.15, -0.1) is 11.3 Å². The standard InChI is InChI=1S/C19H14F2N4O2S/c1-9(17-11-6-13(20)14(21)7-12(11)18(26)24-23-17)25(2)19(27)10-3-4-16-15(5-10)22-8-28-16/h3-9H,1-2H3,(H,24,26)/t9-/m0/s1. The van der Waals surface area contributed by atoms with Crippen LogP contribution >= 0.6 is 11.3 Å². The molecule has 142 valence electrons. The van der Waals surface area contributed by atoms with Gasteiger partial charge in [0.2, 0.25) is 0 Å². The molecule has 0 saturated heterocycles. The topological polar surface area (TPSA) is 79.0 Å². The third-order valence-electron chi connectivity index (χ3n) is 4.73. The van der Waals surface area contributed by atoms with Gasteiger partial charge < -0.3 is 4.90 Å². The number of fused-ring (bicyclic) bond motifs is 2. The Morgan fingerprint density at radius 1 is 1.18 bits per heavy atom. The molecule has 2 aromatic carbocycles. The molecule has 0 unspecified atom stereocenters. The lowest BCUT2D eigenvalue weighted by Gasteiger charge is -2.25. The fraction of sp³-hybridized carbons (Fsp3) is 0.158. The van der Waals surface area contributed by atoms with E-state index in [2.05, 4.69) is 15.2 Å². The number of halogens is 2.